The van der Waals surface area contributed by atoms with Gasteiger partial charge in [-0.15, -0.1) is 16.4 Å². The molecule has 0 amide bonds. The van der Waals surface area contributed by atoms with Gasteiger partial charge in [-0.2, -0.15) is 0 Å². The van der Waals surface area contributed by atoms with Gasteiger partial charge in [0.25, 0.3) is 0 Å². The highest BCUT2D eigenvalue weighted by Crippen LogP contribution is 2.34. The number of carbonyl (C=O) groups is 1. The Morgan fingerprint density at radius 3 is 2.92 bits per heavy atom. The van der Waals surface area contributed by atoms with Crippen LogP contribution in [0.15, 0.2) is 27.9 Å². The first-order valence-corrected chi connectivity index (χ1v) is 10.1. The van der Waals surface area contributed by atoms with E-state index in [4.69, 9.17) is 9.47 Å². The number of nitrogens with one attached hydrogen (secondary N) is 1. The van der Waals surface area contributed by atoms with Crippen LogP contribution in [0.3, 0.4) is 0 Å². The molecule has 2 aromatic heterocycles. The molecule has 4 rings (SSSR count). The second kappa shape index (κ2) is 6.70. The summed E-state index contributed by atoms with van der Waals surface area (Å²) in [6, 6.07) is 2.42. The monoisotopic (exact) mass is 400 g/mol. The van der Waals surface area contributed by atoms with E-state index in [0.717, 1.165) is 11.3 Å². The van der Waals surface area contributed by atoms with Crippen molar-refractivity contribution in [1.82, 2.24) is 19.7 Å². The zero-order chi connectivity index (χ0) is 18.3. The number of nitrogens with zero attached hydrogens (tertiary/aromatic N) is 3. The van der Waals surface area contributed by atoms with E-state index in [1.165, 1.54) is 18.0 Å². The molecule has 0 unspecified atom stereocenters. The molecule has 0 aromatic carbocycles. The molecule has 1 N–H and O–H groups in total. The van der Waals surface area contributed by atoms with Crippen LogP contribution in [0.4, 0.5) is 0 Å². The molecule has 26 heavy (non-hydrogen) atoms. The summed E-state index contributed by atoms with van der Waals surface area (Å²) in [5.41, 5.74) is 0.0869. The van der Waals surface area contributed by atoms with Gasteiger partial charge in [0.15, 0.2) is 5.69 Å². The maximum Gasteiger partial charge on any atom is 0.360 e. The molecule has 0 saturated carbocycles. The molecule has 2 saturated heterocycles. The smallest absolute Gasteiger partial charge is 0.360 e. The fourth-order valence-corrected chi connectivity index (χ4v) is 5.36. The number of thiophene rings is 1. The summed E-state index contributed by atoms with van der Waals surface area (Å²) in [7, 11) is -2.35. The molecule has 2 aromatic rings. The number of carbonyl (C=O) groups excluding carboxylic acids is 1. The van der Waals surface area contributed by atoms with Gasteiger partial charge in [-0.3, -0.25) is 0 Å². The second-order valence-electron chi connectivity index (χ2n) is 5.90. The van der Waals surface area contributed by atoms with Crippen LogP contribution in [0.2, 0.25) is 0 Å². The molecular weight excluding hydrogens is 384 g/mol. The number of esters is 1. The summed E-state index contributed by atoms with van der Waals surface area (Å²) in [6.45, 7) is 0.464. The van der Waals surface area contributed by atoms with Gasteiger partial charge in [-0.25, -0.2) is 22.6 Å². The Hall–Kier alpha value is -1.86. The fourth-order valence-electron chi connectivity index (χ4n) is 3.12. The molecule has 4 atom stereocenters. The fraction of sp³-hybridized carbons (Fsp3) is 0.500. The van der Waals surface area contributed by atoms with Gasteiger partial charge >= 0.3 is 5.97 Å². The number of aromatic nitrogens is 3. The van der Waals surface area contributed by atoms with Crippen LogP contribution in [0.5, 0.6) is 0 Å². The molecule has 0 radical (unpaired) electrons. The van der Waals surface area contributed by atoms with E-state index in [2.05, 4.69) is 19.8 Å². The molecule has 12 heteroatoms. The topological polar surface area (TPSA) is 122 Å². The predicted octanol–water partition coefficient (Wildman–Crippen LogP) is -0.188. The standard InChI is InChI=1S/C14H16N4O6S2/c1-22-14(19)8-5-18(17-15-8)10-7-24-12-9(6-23-13(10)12)16-26(20,21)11-3-2-4-25-11/h2-5,9-10,12-13,16H,6-7H2,1H3/t9-,10+,12-,13+/m0/s1. The van der Waals surface area contributed by atoms with Crippen LogP contribution in [0.1, 0.15) is 16.5 Å². The van der Waals surface area contributed by atoms with Crippen molar-refractivity contribution in [3.05, 3.63) is 29.4 Å². The average molecular weight is 400 g/mol. The Labute approximate surface area is 153 Å². The number of sulfonamides is 1. The number of ether oxygens (including phenoxy) is 3. The number of hydrogen-bond acceptors (Lipinski definition) is 9. The highest BCUT2D eigenvalue weighted by atomic mass is 32.2. The summed E-state index contributed by atoms with van der Waals surface area (Å²) in [4.78, 5) is 11.5. The van der Waals surface area contributed by atoms with Crippen LogP contribution in [0.25, 0.3) is 0 Å². The summed E-state index contributed by atoms with van der Waals surface area (Å²) >= 11 is 1.15. The van der Waals surface area contributed by atoms with E-state index < -0.39 is 34.2 Å². The van der Waals surface area contributed by atoms with E-state index in [9.17, 15) is 13.2 Å². The van der Waals surface area contributed by atoms with Gasteiger partial charge in [-0.1, -0.05) is 11.3 Å². The normalized spacial score (nSPS) is 28.2. The molecule has 2 fully saturated rings. The largest absolute Gasteiger partial charge is 0.464 e. The lowest BCUT2D eigenvalue weighted by Crippen LogP contribution is -2.43. The van der Waals surface area contributed by atoms with Gasteiger partial charge in [0, 0.05) is 0 Å². The van der Waals surface area contributed by atoms with Gasteiger partial charge in [0.05, 0.1) is 32.6 Å². The van der Waals surface area contributed by atoms with Gasteiger partial charge in [0.1, 0.15) is 22.5 Å². The summed E-state index contributed by atoms with van der Waals surface area (Å²) in [5, 5.41) is 9.41. The Morgan fingerprint density at radius 2 is 2.19 bits per heavy atom. The number of methoxy groups -OCH3 is 1. The van der Waals surface area contributed by atoms with Gasteiger partial charge < -0.3 is 14.2 Å². The van der Waals surface area contributed by atoms with Gasteiger partial charge in [-0.05, 0) is 11.4 Å². The summed E-state index contributed by atoms with van der Waals surface area (Å²) in [6.07, 6.45) is 0.633. The van der Waals surface area contributed by atoms with E-state index in [-0.39, 0.29) is 29.2 Å². The SMILES string of the molecule is COC(=O)c1cn([C@@H]2CO[C@@H]3[C@@H]2OC[C@@H]3NS(=O)(=O)c2cccs2)nn1. The first-order chi connectivity index (χ1) is 12.5. The van der Waals surface area contributed by atoms with Crippen LogP contribution in [-0.4, -0.2) is 68.0 Å². The lowest BCUT2D eigenvalue weighted by atomic mass is 10.1. The Bertz CT molecular complexity index is 896. The zero-order valence-corrected chi connectivity index (χ0v) is 15.3. The lowest BCUT2D eigenvalue weighted by Gasteiger charge is -2.17. The van der Waals surface area contributed by atoms with E-state index in [0.29, 0.717) is 0 Å². The quantitative estimate of drug-likeness (QED) is 0.686. The first kappa shape index (κ1) is 17.5. The third-order valence-corrected chi connectivity index (χ3v) is 7.23. The zero-order valence-electron chi connectivity index (χ0n) is 13.6. The lowest BCUT2D eigenvalue weighted by molar-refractivity contribution is 0.0592. The minimum absolute atomic E-state index is 0.0869. The third kappa shape index (κ3) is 3.03. The molecule has 140 valence electrons. The maximum atomic E-state index is 12.4. The van der Waals surface area contributed by atoms with Crippen molar-refractivity contribution in [3.8, 4) is 0 Å². The van der Waals surface area contributed by atoms with Crippen LogP contribution >= 0.6 is 11.3 Å². The molecule has 2 aliphatic rings. The van der Waals surface area contributed by atoms with Crippen molar-refractivity contribution in [2.24, 2.45) is 0 Å². The predicted molar refractivity (Wildman–Crippen MR) is 88.3 cm³/mol. The number of fused-ring (bicyclic) bond motifs is 1. The molecule has 4 heterocycles. The van der Waals surface area contributed by atoms with Crippen molar-refractivity contribution in [2.45, 2.75) is 28.5 Å². The molecule has 0 bridgehead atoms. The first-order valence-electron chi connectivity index (χ1n) is 7.79. The average Bonchev–Trinajstić information content (AvgIpc) is 3.38. The summed E-state index contributed by atoms with van der Waals surface area (Å²) < 4.78 is 45.3. The highest BCUT2D eigenvalue weighted by molar-refractivity contribution is 7.91. The van der Waals surface area contributed by atoms with Crippen molar-refractivity contribution in [1.29, 1.82) is 0 Å². The molecule has 10 nitrogen and oxygen atoms in total. The van der Waals surface area contributed by atoms with Crippen molar-refractivity contribution >= 4 is 27.3 Å². The maximum absolute atomic E-state index is 12.4. The Morgan fingerprint density at radius 1 is 1.38 bits per heavy atom. The molecule has 0 aliphatic carbocycles. The van der Waals surface area contributed by atoms with Gasteiger partial charge in [0.2, 0.25) is 10.0 Å². The molecule has 0 spiro atoms. The highest BCUT2D eigenvalue weighted by Gasteiger charge is 2.50. The minimum atomic E-state index is -3.62. The van der Waals surface area contributed by atoms with Crippen LogP contribution in [0, 0.1) is 0 Å². The molecule has 2 aliphatic heterocycles. The number of hydrogen-bond donors (Lipinski definition) is 1. The third-order valence-electron chi connectivity index (χ3n) is 4.34. The second-order valence-corrected chi connectivity index (χ2v) is 8.79. The van der Waals surface area contributed by atoms with E-state index in [1.807, 2.05) is 0 Å². The van der Waals surface area contributed by atoms with E-state index in [1.54, 1.807) is 17.5 Å². The van der Waals surface area contributed by atoms with Crippen molar-refractivity contribution < 1.29 is 27.4 Å². The Balaban J connectivity index is 1.48. The Kier molecular flexibility index (Phi) is 4.52. The summed E-state index contributed by atoms with van der Waals surface area (Å²) in [5.74, 6) is -0.583. The van der Waals surface area contributed by atoms with Crippen molar-refractivity contribution in [3.63, 3.8) is 0 Å². The van der Waals surface area contributed by atoms with E-state index >= 15 is 0 Å². The minimum Gasteiger partial charge on any atom is -0.464 e. The molecular formula is C14H16N4O6S2. The van der Waals surface area contributed by atoms with Crippen LogP contribution < -0.4 is 4.72 Å². The van der Waals surface area contributed by atoms with Crippen molar-refractivity contribution in [2.75, 3.05) is 20.3 Å². The van der Waals surface area contributed by atoms with Crippen LogP contribution in [-0.2, 0) is 24.2 Å². The number of rotatable bonds is 5.